The molecule has 0 rings (SSSR count). The maximum Gasteiger partial charge on any atom is 0.0431 e. The summed E-state index contributed by atoms with van der Waals surface area (Å²) in [5, 5.41) is 8.42. The van der Waals surface area contributed by atoms with Crippen LogP contribution in [0.2, 0.25) is 0 Å². The van der Waals surface area contributed by atoms with E-state index in [0.717, 1.165) is 6.42 Å². The van der Waals surface area contributed by atoms with Crippen LogP contribution in [0.5, 0.6) is 0 Å². The zero-order valence-corrected chi connectivity index (χ0v) is 13.3. The molecule has 0 aliphatic heterocycles. The molecule has 1 heteroatoms. The van der Waals surface area contributed by atoms with Gasteiger partial charge in [-0.2, -0.15) is 0 Å². The highest BCUT2D eigenvalue weighted by Gasteiger charge is 1.86. The summed E-state index contributed by atoms with van der Waals surface area (Å²) in [6.45, 7) is 7.11. The van der Waals surface area contributed by atoms with E-state index in [0.29, 0.717) is 6.61 Å². The van der Waals surface area contributed by atoms with Crippen molar-refractivity contribution in [3.63, 3.8) is 0 Å². The Morgan fingerprint density at radius 2 is 0.722 bits per heavy atom. The minimum Gasteiger partial charge on any atom is -0.396 e. The Morgan fingerprint density at radius 3 is 1.00 bits per heavy atom. The third-order valence-electron chi connectivity index (χ3n) is 3.22. The molecule has 0 radical (unpaired) electrons. The van der Waals surface area contributed by atoms with E-state index in [-0.39, 0.29) is 0 Å². The van der Waals surface area contributed by atoms with E-state index in [4.69, 9.17) is 5.11 Å². The first-order chi connectivity index (χ1) is 8.83. The Balaban J connectivity index is 0. The molecule has 0 spiro atoms. The fraction of sp³-hybridized carbons (Fsp3) is 1.00. The molecule has 0 aliphatic carbocycles. The molecule has 0 saturated heterocycles. The molecule has 18 heavy (non-hydrogen) atoms. The minimum atomic E-state index is 0.367. The van der Waals surface area contributed by atoms with E-state index in [1.165, 1.54) is 77.0 Å². The molecule has 0 saturated carbocycles. The number of hydrogen-bond donors (Lipinski definition) is 1. The lowest BCUT2D eigenvalue weighted by atomic mass is 10.1. The van der Waals surface area contributed by atoms with Gasteiger partial charge in [-0.25, -0.2) is 0 Å². The van der Waals surface area contributed by atoms with Gasteiger partial charge in [-0.15, -0.1) is 0 Å². The molecule has 112 valence electrons. The van der Waals surface area contributed by atoms with Crippen LogP contribution in [0.1, 0.15) is 104 Å². The lowest BCUT2D eigenvalue weighted by molar-refractivity contribution is 0.282. The molecule has 0 aromatic heterocycles. The van der Waals surface area contributed by atoms with Crippen LogP contribution in [0.15, 0.2) is 0 Å². The van der Waals surface area contributed by atoms with Crippen LogP contribution in [0, 0.1) is 0 Å². The largest absolute Gasteiger partial charge is 0.396 e. The van der Waals surface area contributed by atoms with Crippen molar-refractivity contribution < 1.29 is 5.11 Å². The summed E-state index contributed by atoms with van der Waals surface area (Å²) in [5.74, 6) is 0. The Kier molecular flexibility index (Phi) is 25.0. The molecule has 0 fully saturated rings. The van der Waals surface area contributed by atoms with Gasteiger partial charge in [-0.1, -0.05) is 97.8 Å². The highest BCUT2D eigenvalue weighted by molar-refractivity contribution is 4.42. The minimum absolute atomic E-state index is 0.367. The standard InChI is InChI=1S/C9H20.C8H18O/c1-3-5-7-9-8-6-4-2;1-2-3-4-5-6-7-8-9/h3-9H2,1-2H3;9H,2-8H2,1H3. The molecule has 0 amide bonds. The maximum absolute atomic E-state index is 8.42. The van der Waals surface area contributed by atoms with Gasteiger partial charge >= 0.3 is 0 Å². The van der Waals surface area contributed by atoms with Gasteiger partial charge in [-0.05, 0) is 6.42 Å². The Hall–Kier alpha value is -0.0400. The van der Waals surface area contributed by atoms with E-state index in [9.17, 15) is 0 Å². The number of rotatable bonds is 12. The van der Waals surface area contributed by atoms with Crippen molar-refractivity contribution in [2.75, 3.05) is 6.61 Å². The Bertz CT molecular complexity index is 86.2. The van der Waals surface area contributed by atoms with Gasteiger partial charge in [0.1, 0.15) is 0 Å². The molecule has 0 aromatic rings. The molecule has 0 atom stereocenters. The van der Waals surface area contributed by atoms with Crippen molar-refractivity contribution in [2.45, 2.75) is 104 Å². The van der Waals surface area contributed by atoms with Crippen molar-refractivity contribution in [3.8, 4) is 0 Å². The molecular formula is C17H38O. The first-order valence-electron chi connectivity index (χ1n) is 8.44. The normalized spacial score (nSPS) is 10.0. The van der Waals surface area contributed by atoms with Gasteiger partial charge in [-0.3, -0.25) is 0 Å². The second-order valence-electron chi connectivity index (χ2n) is 5.26. The predicted octanol–water partition coefficient (Wildman–Crippen LogP) is 6.10. The zero-order valence-electron chi connectivity index (χ0n) is 13.3. The quantitative estimate of drug-likeness (QED) is 0.420. The molecule has 0 aliphatic rings. The monoisotopic (exact) mass is 258 g/mol. The van der Waals surface area contributed by atoms with Crippen LogP contribution < -0.4 is 0 Å². The fourth-order valence-corrected chi connectivity index (χ4v) is 1.92. The van der Waals surface area contributed by atoms with Gasteiger partial charge in [0.2, 0.25) is 0 Å². The summed E-state index contributed by atoms with van der Waals surface area (Å²) in [6, 6.07) is 0. The van der Waals surface area contributed by atoms with Crippen molar-refractivity contribution in [3.05, 3.63) is 0 Å². The van der Waals surface area contributed by atoms with Crippen LogP contribution in [0.3, 0.4) is 0 Å². The first kappa shape index (κ1) is 20.3. The van der Waals surface area contributed by atoms with Gasteiger partial charge in [0.15, 0.2) is 0 Å². The lowest BCUT2D eigenvalue weighted by Crippen LogP contribution is -1.82. The second-order valence-corrected chi connectivity index (χ2v) is 5.26. The van der Waals surface area contributed by atoms with Crippen LogP contribution >= 0.6 is 0 Å². The number of aliphatic hydroxyl groups is 1. The average molecular weight is 258 g/mol. The SMILES string of the molecule is CCCCCCCCC.CCCCCCCCO. The zero-order chi connectivity index (χ0) is 13.9. The smallest absolute Gasteiger partial charge is 0.0431 e. The fourth-order valence-electron chi connectivity index (χ4n) is 1.92. The maximum atomic E-state index is 8.42. The molecule has 1 nitrogen and oxygen atoms in total. The van der Waals surface area contributed by atoms with E-state index >= 15 is 0 Å². The van der Waals surface area contributed by atoms with E-state index in [1.54, 1.807) is 0 Å². The van der Waals surface area contributed by atoms with Crippen LogP contribution in [-0.4, -0.2) is 11.7 Å². The van der Waals surface area contributed by atoms with Crippen molar-refractivity contribution >= 4 is 0 Å². The summed E-state index contributed by atoms with van der Waals surface area (Å²) >= 11 is 0. The molecule has 1 N–H and O–H groups in total. The highest BCUT2D eigenvalue weighted by Crippen LogP contribution is 2.05. The molecule has 0 heterocycles. The number of hydrogen-bond acceptors (Lipinski definition) is 1. The molecule has 0 aromatic carbocycles. The molecule has 0 unspecified atom stereocenters. The lowest BCUT2D eigenvalue weighted by Gasteiger charge is -1.96. The van der Waals surface area contributed by atoms with E-state index in [2.05, 4.69) is 20.8 Å². The topological polar surface area (TPSA) is 20.2 Å². The van der Waals surface area contributed by atoms with Gasteiger partial charge in [0.05, 0.1) is 0 Å². The second kappa shape index (κ2) is 22.2. The molecule has 0 bridgehead atoms. The van der Waals surface area contributed by atoms with Gasteiger partial charge in [0.25, 0.3) is 0 Å². The number of unbranched alkanes of at least 4 members (excludes halogenated alkanes) is 11. The van der Waals surface area contributed by atoms with E-state index < -0.39 is 0 Å². The third-order valence-corrected chi connectivity index (χ3v) is 3.22. The first-order valence-corrected chi connectivity index (χ1v) is 8.44. The summed E-state index contributed by atoms with van der Waals surface area (Å²) < 4.78 is 0. The molecular weight excluding hydrogens is 220 g/mol. The van der Waals surface area contributed by atoms with Crippen LogP contribution in [0.25, 0.3) is 0 Å². The average Bonchev–Trinajstić information content (AvgIpc) is 2.39. The van der Waals surface area contributed by atoms with Crippen molar-refractivity contribution in [1.29, 1.82) is 0 Å². The summed E-state index contributed by atoms with van der Waals surface area (Å²) in [6.07, 6.45) is 17.5. The van der Waals surface area contributed by atoms with Crippen LogP contribution in [0.4, 0.5) is 0 Å². The Morgan fingerprint density at radius 1 is 0.444 bits per heavy atom. The Labute approximate surface area is 116 Å². The van der Waals surface area contributed by atoms with Gasteiger partial charge in [0, 0.05) is 6.61 Å². The van der Waals surface area contributed by atoms with Crippen molar-refractivity contribution in [2.24, 2.45) is 0 Å². The predicted molar refractivity (Wildman–Crippen MR) is 84.1 cm³/mol. The van der Waals surface area contributed by atoms with Crippen LogP contribution in [-0.2, 0) is 0 Å². The number of aliphatic hydroxyl groups excluding tert-OH is 1. The van der Waals surface area contributed by atoms with E-state index in [1.807, 2.05) is 0 Å². The van der Waals surface area contributed by atoms with Gasteiger partial charge < -0.3 is 5.11 Å². The summed E-state index contributed by atoms with van der Waals surface area (Å²) in [4.78, 5) is 0. The van der Waals surface area contributed by atoms with Crippen molar-refractivity contribution in [1.82, 2.24) is 0 Å². The third kappa shape index (κ3) is 25.0. The highest BCUT2D eigenvalue weighted by atomic mass is 16.2. The summed E-state index contributed by atoms with van der Waals surface area (Å²) in [5.41, 5.74) is 0. The summed E-state index contributed by atoms with van der Waals surface area (Å²) in [7, 11) is 0.